The summed E-state index contributed by atoms with van der Waals surface area (Å²) in [5.74, 6) is -4.68. The molecule has 15 heteroatoms. The van der Waals surface area contributed by atoms with E-state index in [1.807, 2.05) is 6.92 Å². The molecule has 0 saturated heterocycles. The van der Waals surface area contributed by atoms with Gasteiger partial charge < -0.3 is 35.3 Å². The zero-order valence-corrected chi connectivity index (χ0v) is 26.1. The third-order valence-corrected chi connectivity index (χ3v) is 7.14. The van der Waals surface area contributed by atoms with Crippen LogP contribution in [0.2, 0.25) is 0 Å². The Morgan fingerprint density at radius 1 is 1.02 bits per heavy atom. The lowest BCUT2D eigenvalue weighted by atomic mass is 9.90. The molecule has 2 aromatic rings. The van der Waals surface area contributed by atoms with Crippen LogP contribution in [0.5, 0.6) is 5.75 Å². The molecule has 0 aliphatic heterocycles. The van der Waals surface area contributed by atoms with Gasteiger partial charge in [-0.3, -0.25) is 29.2 Å². The molecule has 1 aromatic carbocycles. The number of benzene rings is 1. The number of unbranched alkanes of at least 4 members (excludes halogenated alkanes) is 2. The van der Waals surface area contributed by atoms with Gasteiger partial charge in [-0.1, -0.05) is 45.2 Å². The summed E-state index contributed by atoms with van der Waals surface area (Å²) in [6.45, 7) is 5.54. The molecule has 3 atom stereocenters. The second-order valence-corrected chi connectivity index (χ2v) is 10.4. The highest BCUT2D eigenvalue weighted by Gasteiger charge is 2.30. The lowest BCUT2D eigenvalue weighted by molar-refractivity contribution is -0.168. The van der Waals surface area contributed by atoms with E-state index < -0.39 is 54.1 Å². The van der Waals surface area contributed by atoms with Crippen LogP contribution >= 0.6 is 0 Å². The lowest BCUT2D eigenvalue weighted by Gasteiger charge is -2.29. The Labute approximate surface area is 266 Å². The zero-order chi connectivity index (χ0) is 34.2. The molecule has 15 nitrogen and oxygen atoms in total. The lowest BCUT2D eigenvalue weighted by Crippen LogP contribution is -2.47. The molecule has 0 spiro atoms. The topological polar surface area (TPSA) is 225 Å². The van der Waals surface area contributed by atoms with E-state index in [0.717, 1.165) is 19.3 Å². The summed E-state index contributed by atoms with van der Waals surface area (Å²) >= 11 is 0. The van der Waals surface area contributed by atoms with Crippen molar-refractivity contribution in [1.82, 2.24) is 21.0 Å². The molecule has 0 radical (unpaired) electrons. The monoisotopic (exact) mass is 646 g/mol. The standard InChI is InChI=1S/C31H42N4O11/c1-4-7-8-9-21(23(5-2)35(44)18-36)29(40)32-17-33-30(41)25-13-12-24(46-25)19-10-11-20(26(14-19)45-6-3)15-27(37)34-22(31(42)43)16-28(38)39/h10-14,18,21-23,44H,4-9,15-17H2,1-3H3,(H,32,40)(H,33,41)(H,34,37)(H,38,39)(H,42,43). The van der Waals surface area contributed by atoms with Gasteiger partial charge in [-0.15, -0.1) is 0 Å². The molecule has 2 rings (SSSR count). The largest absolute Gasteiger partial charge is 0.494 e. The van der Waals surface area contributed by atoms with E-state index in [0.29, 0.717) is 40.5 Å². The maximum Gasteiger partial charge on any atom is 0.326 e. The van der Waals surface area contributed by atoms with Gasteiger partial charge in [-0.2, -0.15) is 0 Å². The van der Waals surface area contributed by atoms with Crippen molar-refractivity contribution >= 4 is 36.1 Å². The van der Waals surface area contributed by atoms with Crippen molar-refractivity contribution in [1.29, 1.82) is 0 Å². The van der Waals surface area contributed by atoms with E-state index in [9.17, 15) is 39.1 Å². The summed E-state index contributed by atoms with van der Waals surface area (Å²) in [6, 6.07) is 5.48. The van der Waals surface area contributed by atoms with Crippen LogP contribution in [0.4, 0.5) is 0 Å². The van der Waals surface area contributed by atoms with Crippen LogP contribution in [-0.4, -0.2) is 81.9 Å². The highest BCUT2D eigenvalue weighted by atomic mass is 16.5. The molecular formula is C31H42N4O11. The minimum absolute atomic E-state index is 0.0442. The number of rotatable bonds is 21. The normalized spacial score (nSPS) is 12.7. The number of carboxylic acid groups (broad SMARTS) is 2. The molecule has 46 heavy (non-hydrogen) atoms. The van der Waals surface area contributed by atoms with Crippen LogP contribution in [-0.2, 0) is 30.4 Å². The van der Waals surface area contributed by atoms with Crippen molar-refractivity contribution in [2.45, 2.75) is 77.8 Å². The second kappa shape index (κ2) is 18.8. The Morgan fingerprint density at radius 2 is 1.76 bits per heavy atom. The van der Waals surface area contributed by atoms with Crippen molar-refractivity contribution in [2.24, 2.45) is 5.92 Å². The smallest absolute Gasteiger partial charge is 0.326 e. The second-order valence-electron chi connectivity index (χ2n) is 10.4. The van der Waals surface area contributed by atoms with Crippen molar-refractivity contribution < 1.29 is 53.3 Å². The Kier molecular flexibility index (Phi) is 15.2. The number of nitrogens with zero attached hydrogens (tertiary/aromatic N) is 1. The SMILES string of the molecule is CCCCCC(C(=O)NCNC(=O)c1ccc(-c2ccc(CC(=O)NC(CC(=O)O)C(=O)O)c(OCC)c2)o1)C(CC)N(O)C=O. The van der Waals surface area contributed by atoms with Gasteiger partial charge in [0, 0.05) is 11.1 Å². The quantitative estimate of drug-likeness (QED) is 0.0380. The summed E-state index contributed by atoms with van der Waals surface area (Å²) in [5.41, 5.74) is 0.928. The Morgan fingerprint density at radius 3 is 2.37 bits per heavy atom. The maximum atomic E-state index is 12.9. The van der Waals surface area contributed by atoms with E-state index in [4.69, 9.17) is 14.3 Å². The first kappa shape index (κ1) is 37.3. The molecule has 1 aromatic heterocycles. The van der Waals surface area contributed by atoms with Gasteiger partial charge in [0.25, 0.3) is 5.91 Å². The Hall–Kier alpha value is -4.92. The van der Waals surface area contributed by atoms with Crippen LogP contribution in [0.3, 0.4) is 0 Å². The molecule has 0 aliphatic rings. The first-order valence-corrected chi connectivity index (χ1v) is 15.0. The molecule has 0 saturated carbocycles. The number of hydroxylamine groups is 2. The van der Waals surface area contributed by atoms with E-state index in [-0.39, 0.29) is 31.9 Å². The molecule has 1 heterocycles. The average molecular weight is 647 g/mol. The molecule has 6 N–H and O–H groups in total. The van der Waals surface area contributed by atoms with E-state index in [2.05, 4.69) is 16.0 Å². The van der Waals surface area contributed by atoms with Crippen LogP contribution < -0.4 is 20.7 Å². The minimum Gasteiger partial charge on any atom is -0.494 e. The minimum atomic E-state index is -1.59. The predicted octanol–water partition coefficient (Wildman–Crippen LogP) is 2.56. The number of carboxylic acids is 2. The number of hydrogen-bond donors (Lipinski definition) is 6. The summed E-state index contributed by atoms with van der Waals surface area (Å²) < 4.78 is 11.4. The van der Waals surface area contributed by atoms with Crippen molar-refractivity contribution in [3.05, 3.63) is 41.7 Å². The summed E-state index contributed by atoms with van der Waals surface area (Å²) in [6.07, 6.45) is 2.59. The first-order chi connectivity index (χ1) is 21.9. The van der Waals surface area contributed by atoms with Gasteiger partial charge in [0.05, 0.1) is 38.1 Å². The van der Waals surface area contributed by atoms with Gasteiger partial charge in [0.1, 0.15) is 17.6 Å². The molecule has 0 aliphatic carbocycles. The molecule has 0 fully saturated rings. The Balaban J connectivity index is 2.08. The van der Waals surface area contributed by atoms with Gasteiger partial charge in [-0.25, -0.2) is 9.86 Å². The molecule has 3 unspecified atom stereocenters. The van der Waals surface area contributed by atoms with Gasteiger partial charge in [-0.05, 0) is 38.0 Å². The predicted molar refractivity (Wildman–Crippen MR) is 163 cm³/mol. The summed E-state index contributed by atoms with van der Waals surface area (Å²) in [4.78, 5) is 71.5. The number of furan rings is 1. The third kappa shape index (κ3) is 11.2. The van der Waals surface area contributed by atoms with Gasteiger partial charge in [0.2, 0.25) is 18.2 Å². The van der Waals surface area contributed by atoms with Gasteiger partial charge >= 0.3 is 11.9 Å². The average Bonchev–Trinajstić information content (AvgIpc) is 3.51. The summed E-state index contributed by atoms with van der Waals surface area (Å²) in [5, 5.41) is 35.9. The third-order valence-electron chi connectivity index (χ3n) is 7.14. The number of nitrogens with one attached hydrogen (secondary N) is 3. The number of carbonyl (C=O) groups is 6. The zero-order valence-electron chi connectivity index (χ0n) is 26.1. The highest BCUT2D eigenvalue weighted by Crippen LogP contribution is 2.29. The number of aliphatic carboxylic acids is 2. The molecule has 0 bridgehead atoms. The fraction of sp³-hybridized carbons (Fsp3) is 0.484. The van der Waals surface area contributed by atoms with Crippen LogP contribution in [0.25, 0.3) is 11.3 Å². The fourth-order valence-corrected chi connectivity index (χ4v) is 4.83. The van der Waals surface area contributed by atoms with E-state index in [1.54, 1.807) is 38.1 Å². The van der Waals surface area contributed by atoms with Crippen molar-refractivity contribution in [3.8, 4) is 17.1 Å². The van der Waals surface area contributed by atoms with Gasteiger partial charge in [0.15, 0.2) is 5.76 Å². The van der Waals surface area contributed by atoms with E-state index in [1.165, 1.54) is 6.07 Å². The van der Waals surface area contributed by atoms with Crippen molar-refractivity contribution in [2.75, 3.05) is 13.3 Å². The number of ether oxygens (including phenoxy) is 1. The molecular weight excluding hydrogens is 604 g/mol. The van der Waals surface area contributed by atoms with Crippen LogP contribution in [0.1, 0.15) is 75.4 Å². The number of amides is 4. The maximum absolute atomic E-state index is 12.9. The molecule has 252 valence electrons. The van der Waals surface area contributed by atoms with Crippen LogP contribution in [0, 0.1) is 5.92 Å². The fourth-order valence-electron chi connectivity index (χ4n) is 4.83. The van der Waals surface area contributed by atoms with Crippen LogP contribution in [0.15, 0.2) is 34.7 Å². The number of hydrogen-bond acceptors (Lipinski definition) is 9. The van der Waals surface area contributed by atoms with Crippen molar-refractivity contribution in [3.63, 3.8) is 0 Å². The highest BCUT2D eigenvalue weighted by molar-refractivity contribution is 5.92. The first-order valence-electron chi connectivity index (χ1n) is 15.0. The Bertz CT molecular complexity index is 1360. The number of carbonyl (C=O) groups excluding carboxylic acids is 4. The van der Waals surface area contributed by atoms with E-state index >= 15 is 0 Å². The summed E-state index contributed by atoms with van der Waals surface area (Å²) in [7, 11) is 0. The molecule has 4 amide bonds.